The first-order valence-corrected chi connectivity index (χ1v) is 11.1. The molecule has 10 heteroatoms. The van der Waals surface area contributed by atoms with Gasteiger partial charge in [-0.05, 0) is 65.4 Å². The number of carbonyl (C=O) groups is 3. The fourth-order valence-electron chi connectivity index (χ4n) is 3.22. The number of nitro benzene ring substituents is 1. The summed E-state index contributed by atoms with van der Waals surface area (Å²) < 4.78 is 10.4. The molecule has 0 saturated carbocycles. The van der Waals surface area contributed by atoms with Crippen molar-refractivity contribution < 1.29 is 28.8 Å². The Hall–Kier alpha value is -4.44. The van der Waals surface area contributed by atoms with Gasteiger partial charge in [-0.3, -0.25) is 24.6 Å². The smallest absolute Gasteiger partial charge is 0.343 e. The molecule has 2 amide bonds. The Balaban J connectivity index is 1.40. The molecule has 0 unspecified atom stereocenters. The van der Waals surface area contributed by atoms with Crippen LogP contribution in [0, 0.1) is 10.1 Å². The number of amides is 2. The standard InChI is InChI=1S/C25H18N2O7S/c1-33-20-12-6-18(7-13-20)24(29)34-21-10-4-16(5-11-21)14-22-23(28)26(25(30)35-22)15-17-2-8-19(9-3-17)27(31)32/h2-14H,15H2,1H3. The number of non-ortho nitro benzene ring substituents is 1. The molecule has 4 rings (SSSR count). The minimum Gasteiger partial charge on any atom is -0.497 e. The van der Waals surface area contributed by atoms with Gasteiger partial charge in [0.1, 0.15) is 11.5 Å². The normalized spacial score (nSPS) is 14.3. The number of rotatable bonds is 7. The molecular formula is C25H18N2O7S. The van der Waals surface area contributed by atoms with Crippen LogP contribution in [0.15, 0.2) is 77.7 Å². The van der Waals surface area contributed by atoms with Crippen LogP contribution in [0.1, 0.15) is 21.5 Å². The van der Waals surface area contributed by atoms with Crippen LogP contribution in [-0.2, 0) is 11.3 Å². The van der Waals surface area contributed by atoms with Crippen molar-refractivity contribution in [3.8, 4) is 11.5 Å². The molecule has 0 N–H and O–H groups in total. The van der Waals surface area contributed by atoms with E-state index in [1.54, 1.807) is 54.6 Å². The molecular weight excluding hydrogens is 472 g/mol. The largest absolute Gasteiger partial charge is 0.497 e. The van der Waals surface area contributed by atoms with E-state index in [4.69, 9.17) is 9.47 Å². The van der Waals surface area contributed by atoms with Crippen LogP contribution in [0.4, 0.5) is 10.5 Å². The molecule has 0 aliphatic carbocycles. The molecule has 1 fully saturated rings. The molecule has 1 saturated heterocycles. The van der Waals surface area contributed by atoms with E-state index in [-0.39, 0.29) is 17.1 Å². The van der Waals surface area contributed by atoms with E-state index in [2.05, 4.69) is 0 Å². The van der Waals surface area contributed by atoms with Crippen molar-refractivity contribution in [2.75, 3.05) is 7.11 Å². The van der Waals surface area contributed by atoms with Crippen LogP contribution in [0.5, 0.6) is 11.5 Å². The predicted octanol–water partition coefficient (Wildman–Crippen LogP) is 5.06. The van der Waals surface area contributed by atoms with Crippen molar-refractivity contribution in [1.82, 2.24) is 4.90 Å². The first-order chi connectivity index (χ1) is 16.8. The Kier molecular flexibility index (Phi) is 6.93. The highest BCUT2D eigenvalue weighted by atomic mass is 32.2. The molecule has 0 bridgehead atoms. The number of benzene rings is 3. The van der Waals surface area contributed by atoms with Gasteiger partial charge in [0.2, 0.25) is 0 Å². The van der Waals surface area contributed by atoms with E-state index >= 15 is 0 Å². The number of hydrogen-bond donors (Lipinski definition) is 0. The van der Waals surface area contributed by atoms with E-state index in [0.29, 0.717) is 28.2 Å². The second kappa shape index (κ2) is 10.2. The molecule has 35 heavy (non-hydrogen) atoms. The van der Waals surface area contributed by atoms with Gasteiger partial charge in [-0.15, -0.1) is 0 Å². The average Bonchev–Trinajstić information content (AvgIpc) is 3.12. The van der Waals surface area contributed by atoms with Crippen LogP contribution in [0.2, 0.25) is 0 Å². The molecule has 3 aromatic carbocycles. The van der Waals surface area contributed by atoms with Gasteiger partial charge in [0.15, 0.2) is 0 Å². The number of hydrogen-bond acceptors (Lipinski definition) is 8. The van der Waals surface area contributed by atoms with E-state index in [0.717, 1.165) is 16.7 Å². The Bertz CT molecular complexity index is 1320. The summed E-state index contributed by atoms with van der Waals surface area (Å²) in [6, 6.07) is 18.7. The number of carbonyl (C=O) groups excluding carboxylic acids is 3. The topological polar surface area (TPSA) is 116 Å². The number of esters is 1. The van der Waals surface area contributed by atoms with Crippen molar-refractivity contribution in [2.24, 2.45) is 0 Å². The second-order valence-electron chi connectivity index (χ2n) is 7.38. The summed E-state index contributed by atoms with van der Waals surface area (Å²) in [5.74, 6) is -0.0153. The Labute approximate surface area is 204 Å². The molecule has 1 heterocycles. The maximum absolute atomic E-state index is 12.7. The number of imide groups is 1. The van der Waals surface area contributed by atoms with Gasteiger partial charge in [-0.25, -0.2) is 4.79 Å². The fraction of sp³-hybridized carbons (Fsp3) is 0.0800. The summed E-state index contributed by atoms with van der Waals surface area (Å²) in [5.41, 5.74) is 1.55. The summed E-state index contributed by atoms with van der Waals surface area (Å²) in [5, 5.41) is 10.4. The SMILES string of the molecule is COc1ccc(C(=O)Oc2ccc(C=C3SC(=O)N(Cc4ccc([N+](=O)[O-])cc4)C3=O)cc2)cc1. The molecule has 0 atom stereocenters. The molecule has 1 aliphatic rings. The molecule has 0 spiro atoms. The fourth-order valence-corrected chi connectivity index (χ4v) is 4.06. The average molecular weight is 490 g/mol. The van der Waals surface area contributed by atoms with Crippen molar-refractivity contribution in [2.45, 2.75) is 6.54 Å². The maximum atomic E-state index is 12.7. The summed E-state index contributed by atoms with van der Waals surface area (Å²) in [4.78, 5) is 49.0. The first-order valence-electron chi connectivity index (χ1n) is 10.3. The van der Waals surface area contributed by atoms with Crippen LogP contribution < -0.4 is 9.47 Å². The monoisotopic (exact) mass is 490 g/mol. The summed E-state index contributed by atoms with van der Waals surface area (Å²) in [6.45, 7) is 0.0141. The molecule has 0 radical (unpaired) electrons. The number of methoxy groups -OCH3 is 1. The van der Waals surface area contributed by atoms with Crippen LogP contribution in [0.3, 0.4) is 0 Å². The van der Waals surface area contributed by atoms with Crippen molar-refractivity contribution in [3.05, 3.63) is 105 Å². The lowest BCUT2D eigenvalue weighted by atomic mass is 10.2. The molecule has 0 aromatic heterocycles. The third kappa shape index (κ3) is 5.56. The highest BCUT2D eigenvalue weighted by Gasteiger charge is 2.35. The third-order valence-corrected chi connectivity index (χ3v) is 5.98. The Morgan fingerprint density at radius 1 is 0.971 bits per heavy atom. The summed E-state index contributed by atoms with van der Waals surface area (Å²) >= 11 is 0.814. The molecule has 3 aromatic rings. The van der Waals surface area contributed by atoms with Crippen LogP contribution in [0.25, 0.3) is 6.08 Å². The highest BCUT2D eigenvalue weighted by Crippen LogP contribution is 2.33. The Morgan fingerprint density at radius 2 is 1.60 bits per heavy atom. The summed E-state index contributed by atoms with van der Waals surface area (Å²) in [6.07, 6.45) is 1.58. The van der Waals surface area contributed by atoms with E-state index in [9.17, 15) is 24.5 Å². The quantitative estimate of drug-likeness (QED) is 0.148. The maximum Gasteiger partial charge on any atom is 0.343 e. The second-order valence-corrected chi connectivity index (χ2v) is 8.37. The van der Waals surface area contributed by atoms with Crippen molar-refractivity contribution in [1.29, 1.82) is 0 Å². The van der Waals surface area contributed by atoms with Crippen molar-refractivity contribution in [3.63, 3.8) is 0 Å². The van der Waals surface area contributed by atoms with Crippen LogP contribution >= 0.6 is 11.8 Å². The lowest BCUT2D eigenvalue weighted by molar-refractivity contribution is -0.384. The predicted molar refractivity (Wildman–Crippen MR) is 129 cm³/mol. The van der Waals surface area contributed by atoms with Gasteiger partial charge < -0.3 is 9.47 Å². The van der Waals surface area contributed by atoms with Crippen molar-refractivity contribution >= 4 is 40.6 Å². The van der Waals surface area contributed by atoms with Gasteiger partial charge in [0.05, 0.1) is 29.0 Å². The minimum absolute atomic E-state index is 0.0141. The third-order valence-electron chi connectivity index (χ3n) is 5.08. The van der Waals surface area contributed by atoms with Gasteiger partial charge in [-0.1, -0.05) is 24.3 Å². The summed E-state index contributed by atoms with van der Waals surface area (Å²) in [7, 11) is 1.54. The molecule has 9 nitrogen and oxygen atoms in total. The van der Waals surface area contributed by atoms with Gasteiger partial charge in [0.25, 0.3) is 16.8 Å². The zero-order valence-corrected chi connectivity index (χ0v) is 19.2. The minimum atomic E-state index is -0.521. The highest BCUT2D eigenvalue weighted by molar-refractivity contribution is 8.18. The van der Waals surface area contributed by atoms with Crippen LogP contribution in [-0.4, -0.2) is 34.0 Å². The number of thioether (sulfide) groups is 1. The molecule has 1 aliphatic heterocycles. The zero-order chi connectivity index (χ0) is 24.9. The van der Waals surface area contributed by atoms with E-state index in [1.165, 1.54) is 31.4 Å². The van der Waals surface area contributed by atoms with Gasteiger partial charge in [0, 0.05) is 12.1 Å². The van der Waals surface area contributed by atoms with E-state index in [1.807, 2.05) is 0 Å². The zero-order valence-electron chi connectivity index (χ0n) is 18.4. The van der Waals surface area contributed by atoms with Gasteiger partial charge >= 0.3 is 5.97 Å². The number of ether oxygens (including phenoxy) is 2. The number of nitrogens with zero attached hydrogens (tertiary/aromatic N) is 2. The molecule has 176 valence electrons. The van der Waals surface area contributed by atoms with E-state index < -0.39 is 22.0 Å². The van der Waals surface area contributed by atoms with Gasteiger partial charge in [-0.2, -0.15) is 0 Å². The Morgan fingerprint density at radius 3 is 2.20 bits per heavy atom. The number of nitro groups is 1. The lowest BCUT2D eigenvalue weighted by Gasteiger charge is -2.12. The first kappa shape index (κ1) is 23.7. The lowest BCUT2D eigenvalue weighted by Crippen LogP contribution is -2.27.